The maximum atomic E-state index is 6.37. The van der Waals surface area contributed by atoms with E-state index in [-0.39, 0.29) is 17.0 Å². The zero-order valence-electron chi connectivity index (χ0n) is 15.9. The number of hydrogen-bond acceptors (Lipinski definition) is 3. The maximum Gasteiger partial charge on any atom is 0.133 e. The van der Waals surface area contributed by atoms with Crippen LogP contribution < -0.4 is 32.9 Å². The number of thiazole rings is 1. The Kier molecular flexibility index (Phi) is 6.72. The zero-order chi connectivity index (χ0) is 19.7. The van der Waals surface area contributed by atoms with Crippen LogP contribution in [0.15, 0.2) is 96.4 Å². The van der Waals surface area contributed by atoms with Gasteiger partial charge in [0.2, 0.25) is 0 Å². The molecule has 0 spiro atoms. The fraction of sp³-hybridized carbons (Fsp3) is 0.0417. The molecule has 0 radical (unpaired) electrons. The SMILES string of the molecule is Clc1csc2sc(C[P+](c3ccccc3)(c3ccccc3)c3ccccc3)nc12.[Br-]. The Morgan fingerprint density at radius 2 is 1.20 bits per heavy atom. The normalized spacial score (nSPS) is 11.4. The first-order valence-corrected chi connectivity index (χ1v) is 13.4. The smallest absolute Gasteiger partial charge is 0.133 e. The highest BCUT2D eigenvalue weighted by molar-refractivity contribution is 7.95. The number of fused-ring (bicyclic) bond motifs is 1. The van der Waals surface area contributed by atoms with Crippen LogP contribution in [-0.2, 0) is 6.16 Å². The number of hydrogen-bond donors (Lipinski definition) is 0. The molecule has 5 rings (SSSR count). The average Bonchev–Trinajstić information content (AvgIpc) is 3.35. The lowest BCUT2D eigenvalue weighted by Crippen LogP contribution is -3.00. The van der Waals surface area contributed by atoms with Gasteiger partial charge in [0.05, 0.1) is 5.02 Å². The summed E-state index contributed by atoms with van der Waals surface area (Å²) in [5.41, 5.74) is 0.948. The molecule has 0 unspecified atom stereocenters. The maximum absolute atomic E-state index is 6.37. The van der Waals surface area contributed by atoms with Gasteiger partial charge < -0.3 is 17.0 Å². The van der Waals surface area contributed by atoms with Gasteiger partial charge in [0, 0.05) is 5.38 Å². The van der Waals surface area contributed by atoms with Gasteiger partial charge in [0.1, 0.15) is 43.9 Å². The third kappa shape index (κ3) is 3.88. The fourth-order valence-corrected chi connectivity index (χ4v) is 10.8. The minimum absolute atomic E-state index is 0. The Hall–Kier alpha value is -1.55. The number of benzene rings is 3. The molecule has 0 fully saturated rings. The Morgan fingerprint density at radius 1 is 0.733 bits per heavy atom. The van der Waals surface area contributed by atoms with Crippen LogP contribution in [0, 0.1) is 0 Å². The predicted molar refractivity (Wildman–Crippen MR) is 131 cm³/mol. The van der Waals surface area contributed by atoms with Gasteiger partial charge in [0.25, 0.3) is 0 Å². The van der Waals surface area contributed by atoms with E-state index in [0.29, 0.717) is 0 Å². The van der Waals surface area contributed by atoms with Gasteiger partial charge >= 0.3 is 0 Å². The van der Waals surface area contributed by atoms with Crippen molar-refractivity contribution in [3.8, 4) is 0 Å². The number of aromatic nitrogens is 1. The van der Waals surface area contributed by atoms with Gasteiger partial charge in [-0.05, 0) is 36.4 Å². The molecule has 0 saturated carbocycles. The zero-order valence-corrected chi connectivity index (χ0v) is 20.8. The van der Waals surface area contributed by atoms with Gasteiger partial charge in [-0.1, -0.05) is 66.2 Å². The van der Waals surface area contributed by atoms with Crippen molar-refractivity contribution in [3.63, 3.8) is 0 Å². The van der Waals surface area contributed by atoms with Gasteiger partial charge in [-0.25, -0.2) is 4.98 Å². The van der Waals surface area contributed by atoms with Crippen molar-refractivity contribution < 1.29 is 17.0 Å². The highest BCUT2D eigenvalue weighted by atomic mass is 79.9. The molecule has 0 aliphatic heterocycles. The van der Waals surface area contributed by atoms with Gasteiger partial charge in [-0.2, -0.15) is 0 Å². The topological polar surface area (TPSA) is 12.9 Å². The Balaban J connectivity index is 0.00000218. The molecule has 3 aromatic carbocycles. The van der Waals surface area contributed by atoms with Crippen molar-refractivity contribution in [2.75, 3.05) is 0 Å². The number of nitrogens with zero attached hydrogens (tertiary/aromatic N) is 1. The lowest BCUT2D eigenvalue weighted by Gasteiger charge is -2.26. The quantitative estimate of drug-likeness (QED) is 0.317. The van der Waals surface area contributed by atoms with Crippen molar-refractivity contribution in [1.82, 2.24) is 4.98 Å². The largest absolute Gasteiger partial charge is 1.00 e. The van der Waals surface area contributed by atoms with E-state index in [1.807, 2.05) is 5.38 Å². The van der Waals surface area contributed by atoms with E-state index in [4.69, 9.17) is 16.6 Å². The second-order valence-corrected chi connectivity index (χ2v) is 12.9. The van der Waals surface area contributed by atoms with Crippen molar-refractivity contribution in [2.45, 2.75) is 6.16 Å². The monoisotopic (exact) mass is 529 g/mol. The van der Waals surface area contributed by atoms with Gasteiger partial charge in [0.15, 0.2) is 0 Å². The molecular weight excluding hydrogens is 513 g/mol. The summed E-state index contributed by atoms with van der Waals surface area (Å²) in [7, 11) is -1.91. The fourth-order valence-electron chi connectivity index (χ4n) is 3.78. The third-order valence-corrected chi connectivity index (χ3v) is 12.2. The molecule has 0 bridgehead atoms. The van der Waals surface area contributed by atoms with E-state index >= 15 is 0 Å². The van der Waals surface area contributed by atoms with Crippen LogP contribution in [0.5, 0.6) is 0 Å². The first-order valence-electron chi connectivity index (χ1n) is 9.35. The van der Waals surface area contributed by atoms with E-state index in [1.54, 1.807) is 22.7 Å². The molecule has 150 valence electrons. The predicted octanol–water partition coefficient (Wildman–Crippen LogP) is 3.51. The van der Waals surface area contributed by atoms with Crippen LogP contribution in [0.4, 0.5) is 0 Å². The second-order valence-electron chi connectivity index (χ2n) is 6.80. The van der Waals surface area contributed by atoms with E-state index in [0.717, 1.165) is 21.7 Å². The van der Waals surface area contributed by atoms with Crippen LogP contribution in [-0.4, -0.2) is 4.98 Å². The van der Waals surface area contributed by atoms with Crippen molar-refractivity contribution in [2.24, 2.45) is 0 Å². The lowest BCUT2D eigenvalue weighted by molar-refractivity contribution is -0.00000538. The summed E-state index contributed by atoms with van der Waals surface area (Å²) in [5, 5.41) is 8.02. The summed E-state index contributed by atoms with van der Waals surface area (Å²) < 4.78 is 1.21. The summed E-state index contributed by atoms with van der Waals surface area (Å²) in [6, 6.07) is 32.8. The molecule has 2 heterocycles. The molecule has 5 aromatic rings. The van der Waals surface area contributed by atoms with Crippen molar-refractivity contribution >= 4 is 67.0 Å². The summed E-state index contributed by atoms with van der Waals surface area (Å²) in [6.07, 6.45) is 0.896. The highest BCUT2D eigenvalue weighted by Gasteiger charge is 2.46. The second kappa shape index (κ2) is 9.30. The first-order chi connectivity index (χ1) is 14.3. The summed E-state index contributed by atoms with van der Waals surface area (Å²) in [5.74, 6) is 0. The van der Waals surface area contributed by atoms with Crippen molar-refractivity contribution in [1.29, 1.82) is 0 Å². The Labute approximate surface area is 200 Å². The molecule has 0 amide bonds. The Bertz CT molecular complexity index is 1140. The molecule has 1 nitrogen and oxygen atoms in total. The molecule has 30 heavy (non-hydrogen) atoms. The van der Waals surface area contributed by atoms with Crippen molar-refractivity contribution in [3.05, 3.63) is 106 Å². The molecule has 2 aromatic heterocycles. The summed E-state index contributed by atoms with van der Waals surface area (Å²) >= 11 is 9.84. The lowest BCUT2D eigenvalue weighted by atomic mass is 10.4. The van der Waals surface area contributed by atoms with E-state index in [9.17, 15) is 0 Å². The van der Waals surface area contributed by atoms with Crippen LogP contribution in [0.1, 0.15) is 5.01 Å². The van der Waals surface area contributed by atoms with E-state index in [1.165, 1.54) is 19.9 Å². The highest BCUT2D eigenvalue weighted by Crippen LogP contribution is 2.58. The van der Waals surface area contributed by atoms with Gasteiger partial charge in [-0.15, -0.1) is 22.7 Å². The molecular formula is C24H18BrClNPS2. The minimum Gasteiger partial charge on any atom is -1.00 e. The molecule has 0 N–H and O–H groups in total. The number of halogens is 2. The standard InChI is InChI=1S/C24H18ClNPS2.BrH/c25-21-17-28-24-23(21)26-22(29-24)16-27(18-10-4-1-5-11-18,19-12-6-2-7-13-19)20-14-8-3-9-15-20;/h1-15,17H,16H2;1H/q+1;/p-1. The average molecular weight is 531 g/mol. The summed E-state index contributed by atoms with van der Waals surface area (Å²) in [6.45, 7) is 0. The molecule has 0 saturated heterocycles. The van der Waals surface area contributed by atoms with Crippen LogP contribution in [0.25, 0.3) is 9.53 Å². The molecule has 6 heteroatoms. The summed E-state index contributed by atoms with van der Waals surface area (Å²) in [4.78, 5) is 4.96. The Morgan fingerprint density at radius 3 is 1.63 bits per heavy atom. The third-order valence-electron chi connectivity index (χ3n) is 5.10. The number of thiophene rings is 1. The molecule has 0 aliphatic rings. The molecule has 0 aliphatic carbocycles. The van der Waals surface area contributed by atoms with Crippen LogP contribution in [0.2, 0.25) is 5.02 Å². The van der Waals surface area contributed by atoms with Gasteiger partial charge in [-0.3, -0.25) is 0 Å². The van der Waals surface area contributed by atoms with Crippen LogP contribution >= 0.6 is 41.5 Å². The number of rotatable bonds is 5. The van der Waals surface area contributed by atoms with E-state index < -0.39 is 7.26 Å². The first kappa shape index (κ1) is 21.7. The van der Waals surface area contributed by atoms with Crippen LogP contribution in [0.3, 0.4) is 0 Å². The molecule has 0 atom stereocenters. The van der Waals surface area contributed by atoms with E-state index in [2.05, 4.69) is 91.0 Å². The minimum atomic E-state index is -1.91.